The van der Waals surface area contributed by atoms with Crippen molar-refractivity contribution in [2.75, 3.05) is 11.9 Å². The summed E-state index contributed by atoms with van der Waals surface area (Å²) < 4.78 is 7.58. The van der Waals surface area contributed by atoms with Crippen LogP contribution in [-0.4, -0.2) is 26.5 Å². The van der Waals surface area contributed by atoms with Crippen molar-refractivity contribution in [2.45, 2.75) is 20.0 Å². The molecule has 1 aromatic carbocycles. The summed E-state index contributed by atoms with van der Waals surface area (Å²) in [5.74, 6) is 0.980. The smallest absolute Gasteiger partial charge is 0.138 e. The first kappa shape index (κ1) is 15.9. The zero-order chi connectivity index (χ0) is 16.8. The molecule has 0 bridgehead atoms. The zero-order valence-electron chi connectivity index (χ0n) is 13.5. The quantitative estimate of drug-likeness (QED) is 0.699. The van der Waals surface area contributed by atoms with Crippen molar-refractivity contribution in [3.05, 3.63) is 66.2 Å². The lowest BCUT2D eigenvalue weighted by Gasteiger charge is -2.11. The van der Waals surface area contributed by atoms with Gasteiger partial charge in [-0.25, -0.2) is 0 Å². The van der Waals surface area contributed by atoms with E-state index in [0.29, 0.717) is 25.4 Å². The van der Waals surface area contributed by atoms with Crippen LogP contribution < -0.4 is 10.1 Å². The minimum atomic E-state index is 0.194. The molecule has 2 heterocycles. The summed E-state index contributed by atoms with van der Waals surface area (Å²) >= 11 is 0. The van der Waals surface area contributed by atoms with Crippen LogP contribution in [0.4, 0.5) is 5.69 Å². The molecule has 0 saturated carbocycles. The molecule has 0 atom stereocenters. The molecule has 0 radical (unpaired) electrons. The molecule has 6 heteroatoms. The lowest BCUT2D eigenvalue weighted by atomic mass is 10.2. The third-order valence-electron chi connectivity index (χ3n) is 3.53. The number of nitrogens with zero attached hydrogens (tertiary/aromatic N) is 3. The maximum atomic E-state index is 9.84. The molecule has 3 rings (SSSR count). The third kappa shape index (κ3) is 4.25. The molecule has 2 N–H and O–H groups in total. The second-order valence-electron chi connectivity index (χ2n) is 5.42. The summed E-state index contributed by atoms with van der Waals surface area (Å²) in [5.41, 5.74) is 2.41. The van der Waals surface area contributed by atoms with E-state index in [9.17, 15) is 5.11 Å². The Morgan fingerprint density at radius 1 is 1.21 bits per heavy atom. The minimum Gasteiger partial charge on any atom is -0.506 e. The Morgan fingerprint density at radius 3 is 2.96 bits per heavy atom. The van der Waals surface area contributed by atoms with E-state index in [-0.39, 0.29) is 5.75 Å². The van der Waals surface area contributed by atoms with Crippen LogP contribution in [0.5, 0.6) is 11.5 Å². The molecular formula is C18H20N4O2. The summed E-state index contributed by atoms with van der Waals surface area (Å²) in [5, 5.41) is 17.2. The van der Waals surface area contributed by atoms with E-state index >= 15 is 0 Å². The Labute approximate surface area is 140 Å². The summed E-state index contributed by atoms with van der Waals surface area (Å²) in [7, 11) is 0. The van der Waals surface area contributed by atoms with Gasteiger partial charge in [0.05, 0.1) is 13.1 Å². The first-order valence-corrected chi connectivity index (χ1v) is 7.80. The average molecular weight is 324 g/mol. The van der Waals surface area contributed by atoms with Crippen LogP contribution in [-0.2, 0) is 13.1 Å². The van der Waals surface area contributed by atoms with Gasteiger partial charge in [-0.3, -0.25) is 9.67 Å². The van der Waals surface area contributed by atoms with Gasteiger partial charge < -0.3 is 15.2 Å². The second-order valence-corrected chi connectivity index (χ2v) is 5.42. The summed E-state index contributed by atoms with van der Waals surface area (Å²) in [6.07, 6.45) is 3.65. The monoisotopic (exact) mass is 324 g/mol. The highest BCUT2D eigenvalue weighted by Gasteiger charge is 2.04. The lowest BCUT2D eigenvalue weighted by molar-refractivity contribution is 0.291. The fourth-order valence-corrected chi connectivity index (χ4v) is 2.30. The Kier molecular flexibility index (Phi) is 4.96. The van der Waals surface area contributed by atoms with Crippen LogP contribution in [0.2, 0.25) is 0 Å². The number of pyridine rings is 1. The topological polar surface area (TPSA) is 72.2 Å². The number of rotatable bonds is 7. The Balaban J connectivity index is 1.55. The number of ether oxygens (including phenoxy) is 1. The van der Waals surface area contributed by atoms with E-state index in [1.807, 2.05) is 48.1 Å². The zero-order valence-corrected chi connectivity index (χ0v) is 13.5. The highest BCUT2D eigenvalue weighted by molar-refractivity contribution is 5.48. The number of benzene rings is 1. The van der Waals surface area contributed by atoms with Crippen LogP contribution >= 0.6 is 0 Å². The minimum absolute atomic E-state index is 0.194. The maximum absolute atomic E-state index is 9.84. The molecule has 0 aliphatic rings. The van der Waals surface area contributed by atoms with Crippen molar-refractivity contribution in [3.8, 4) is 11.5 Å². The average Bonchev–Trinajstić information content (AvgIpc) is 3.09. The van der Waals surface area contributed by atoms with Crippen LogP contribution in [0.3, 0.4) is 0 Å². The number of aromatic hydroxyl groups is 1. The molecule has 0 aliphatic carbocycles. The highest BCUT2D eigenvalue weighted by atomic mass is 16.5. The van der Waals surface area contributed by atoms with Gasteiger partial charge in [-0.2, -0.15) is 5.10 Å². The van der Waals surface area contributed by atoms with Gasteiger partial charge in [0.25, 0.3) is 0 Å². The first-order valence-electron chi connectivity index (χ1n) is 7.80. The van der Waals surface area contributed by atoms with Gasteiger partial charge in [-0.15, -0.1) is 0 Å². The molecule has 3 aromatic rings. The van der Waals surface area contributed by atoms with E-state index in [4.69, 9.17) is 4.74 Å². The number of aryl methyl sites for hydroxylation is 1. The van der Waals surface area contributed by atoms with Crippen LogP contribution in [0.1, 0.15) is 11.4 Å². The largest absolute Gasteiger partial charge is 0.506 e. The van der Waals surface area contributed by atoms with E-state index in [1.165, 1.54) is 0 Å². The van der Waals surface area contributed by atoms with Crippen molar-refractivity contribution >= 4 is 5.69 Å². The van der Waals surface area contributed by atoms with E-state index in [2.05, 4.69) is 15.4 Å². The molecule has 0 unspecified atom stereocenters. The number of aromatic nitrogens is 3. The summed E-state index contributed by atoms with van der Waals surface area (Å²) in [6, 6.07) is 13.1. The molecule has 6 nitrogen and oxygen atoms in total. The predicted octanol–water partition coefficient (Wildman–Crippen LogP) is 2.98. The highest BCUT2D eigenvalue weighted by Crippen LogP contribution is 2.20. The Morgan fingerprint density at radius 2 is 2.12 bits per heavy atom. The normalized spacial score (nSPS) is 10.5. The number of hydrogen-bond acceptors (Lipinski definition) is 5. The fraction of sp³-hybridized carbons (Fsp3) is 0.222. The van der Waals surface area contributed by atoms with E-state index < -0.39 is 0 Å². The number of anilines is 1. The Hall–Kier alpha value is -3.02. The fourth-order valence-electron chi connectivity index (χ4n) is 2.30. The predicted molar refractivity (Wildman–Crippen MR) is 92.1 cm³/mol. The molecule has 0 aliphatic heterocycles. The molecule has 0 amide bonds. The van der Waals surface area contributed by atoms with Gasteiger partial charge in [-0.05, 0) is 37.3 Å². The van der Waals surface area contributed by atoms with Crippen molar-refractivity contribution in [1.29, 1.82) is 0 Å². The Bertz CT molecular complexity index is 787. The van der Waals surface area contributed by atoms with E-state index in [1.54, 1.807) is 18.3 Å². The standard InChI is InChI=1S/C18H20N4O2/c1-14-6-7-18(23)17(21-14)13-19-15-4-2-5-16(12-15)24-11-10-22-9-3-8-20-22/h2-9,12,19,23H,10-11,13H2,1H3. The van der Waals surface area contributed by atoms with E-state index in [0.717, 1.165) is 17.1 Å². The molecule has 0 fully saturated rings. The van der Waals surface area contributed by atoms with Crippen LogP contribution in [0, 0.1) is 6.92 Å². The van der Waals surface area contributed by atoms with Crippen molar-refractivity contribution in [2.24, 2.45) is 0 Å². The molecule has 0 spiro atoms. The van der Waals surface area contributed by atoms with Gasteiger partial charge >= 0.3 is 0 Å². The molecule has 2 aromatic heterocycles. The molecule has 24 heavy (non-hydrogen) atoms. The third-order valence-corrected chi connectivity index (χ3v) is 3.53. The number of nitrogens with one attached hydrogen (secondary N) is 1. The van der Waals surface area contributed by atoms with Gasteiger partial charge in [0.15, 0.2) is 0 Å². The molecule has 124 valence electrons. The lowest BCUT2D eigenvalue weighted by Crippen LogP contribution is -2.08. The van der Waals surface area contributed by atoms with Gasteiger partial charge in [-0.1, -0.05) is 6.07 Å². The summed E-state index contributed by atoms with van der Waals surface area (Å²) in [6.45, 7) is 3.60. The van der Waals surface area contributed by atoms with Crippen molar-refractivity contribution in [1.82, 2.24) is 14.8 Å². The molecule has 0 saturated heterocycles. The van der Waals surface area contributed by atoms with Gasteiger partial charge in [0, 0.05) is 29.8 Å². The van der Waals surface area contributed by atoms with Crippen LogP contribution in [0.25, 0.3) is 0 Å². The molecular weight excluding hydrogens is 304 g/mol. The maximum Gasteiger partial charge on any atom is 0.138 e. The first-order chi connectivity index (χ1) is 11.7. The van der Waals surface area contributed by atoms with Gasteiger partial charge in [0.1, 0.15) is 23.8 Å². The second kappa shape index (κ2) is 7.50. The van der Waals surface area contributed by atoms with Crippen molar-refractivity contribution in [3.63, 3.8) is 0 Å². The van der Waals surface area contributed by atoms with Gasteiger partial charge in [0.2, 0.25) is 0 Å². The SMILES string of the molecule is Cc1ccc(O)c(CNc2cccc(OCCn3cccn3)c2)n1. The summed E-state index contributed by atoms with van der Waals surface area (Å²) in [4.78, 5) is 4.33. The number of hydrogen-bond donors (Lipinski definition) is 2. The van der Waals surface area contributed by atoms with Crippen molar-refractivity contribution < 1.29 is 9.84 Å². The van der Waals surface area contributed by atoms with Crippen LogP contribution in [0.15, 0.2) is 54.9 Å².